The topological polar surface area (TPSA) is 65.5 Å². The first-order valence-electron chi connectivity index (χ1n) is 6.35. The zero-order valence-corrected chi connectivity index (χ0v) is 11.8. The molecule has 0 aliphatic rings. The quantitative estimate of drug-likeness (QED) is 0.635. The van der Waals surface area contributed by atoms with E-state index < -0.39 is 11.9 Å². The molecule has 0 saturated carbocycles. The Bertz CT molecular complexity index is 701. The molecule has 1 heterocycles. The Labute approximate surface area is 122 Å². The average molecular weight is 285 g/mol. The summed E-state index contributed by atoms with van der Waals surface area (Å²) in [6.45, 7) is 0. The molecule has 0 spiro atoms. The first kappa shape index (κ1) is 14.7. The van der Waals surface area contributed by atoms with Crippen LogP contribution in [0.2, 0.25) is 0 Å². The van der Waals surface area contributed by atoms with E-state index in [-0.39, 0.29) is 12.0 Å². The number of esters is 2. The van der Waals surface area contributed by atoms with Gasteiger partial charge in [0.05, 0.1) is 19.7 Å². The summed E-state index contributed by atoms with van der Waals surface area (Å²) in [5, 5.41) is 0.970. The lowest BCUT2D eigenvalue weighted by molar-refractivity contribution is -0.138. The van der Waals surface area contributed by atoms with E-state index in [1.54, 1.807) is 6.20 Å². The van der Waals surface area contributed by atoms with E-state index >= 15 is 0 Å². The summed E-state index contributed by atoms with van der Waals surface area (Å²) in [5.74, 6) is -1.16. The summed E-state index contributed by atoms with van der Waals surface area (Å²) >= 11 is 0. The molecule has 1 aromatic carbocycles. The van der Waals surface area contributed by atoms with Crippen molar-refractivity contribution < 1.29 is 19.1 Å². The smallest absolute Gasteiger partial charge is 0.334 e. The molecule has 5 heteroatoms. The van der Waals surface area contributed by atoms with Gasteiger partial charge in [0.2, 0.25) is 0 Å². The maximum atomic E-state index is 11.8. The van der Waals surface area contributed by atoms with Gasteiger partial charge >= 0.3 is 11.9 Å². The minimum Gasteiger partial charge on any atom is -0.466 e. The molecule has 2 aromatic rings. The van der Waals surface area contributed by atoms with E-state index in [1.807, 2.05) is 30.3 Å². The minimum absolute atomic E-state index is 0.225. The highest BCUT2D eigenvalue weighted by Crippen LogP contribution is 2.19. The normalized spacial score (nSPS) is 11.2. The molecule has 5 nitrogen and oxygen atoms in total. The SMILES string of the molecule is COC(=O)/C=C(/Cc1cccc2cccnc12)C(=O)OC. The Balaban J connectivity index is 2.41. The van der Waals surface area contributed by atoms with Crippen molar-refractivity contribution in [2.24, 2.45) is 0 Å². The summed E-state index contributed by atoms with van der Waals surface area (Å²) in [4.78, 5) is 27.5. The van der Waals surface area contributed by atoms with E-state index in [9.17, 15) is 9.59 Å². The van der Waals surface area contributed by atoms with Crippen molar-refractivity contribution in [1.82, 2.24) is 4.98 Å². The van der Waals surface area contributed by atoms with Crippen LogP contribution in [0.15, 0.2) is 48.2 Å². The molecule has 1 aromatic heterocycles. The van der Waals surface area contributed by atoms with Crippen molar-refractivity contribution in [3.8, 4) is 0 Å². The second kappa shape index (κ2) is 6.65. The third kappa shape index (κ3) is 3.45. The van der Waals surface area contributed by atoms with Crippen LogP contribution in [0.4, 0.5) is 0 Å². The highest BCUT2D eigenvalue weighted by molar-refractivity contribution is 5.97. The van der Waals surface area contributed by atoms with Crippen LogP contribution in [0.3, 0.4) is 0 Å². The van der Waals surface area contributed by atoms with Crippen LogP contribution in [-0.4, -0.2) is 31.1 Å². The molecule has 0 amide bonds. The van der Waals surface area contributed by atoms with Crippen LogP contribution in [0.5, 0.6) is 0 Å². The van der Waals surface area contributed by atoms with E-state index in [0.29, 0.717) is 0 Å². The summed E-state index contributed by atoms with van der Waals surface area (Å²) in [6, 6.07) is 9.47. The van der Waals surface area contributed by atoms with Crippen LogP contribution in [-0.2, 0) is 25.5 Å². The fourth-order valence-corrected chi connectivity index (χ4v) is 2.03. The zero-order chi connectivity index (χ0) is 15.2. The molecule has 2 rings (SSSR count). The van der Waals surface area contributed by atoms with Gasteiger partial charge in [-0.25, -0.2) is 9.59 Å². The molecule has 0 aliphatic carbocycles. The van der Waals surface area contributed by atoms with Crippen molar-refractivity contribution in [3.63, 3.8) is 0 Å². The summed E-state index contributed by atoms with van der Waals surface area (Å²) in [7, 11) is 2.53. The number of carbonyl (C=O) groups excluding carboxylic acids is 2. The van der Waals surface area contributed by atoms with Crippen molar-refractivity contribution >= 4 is 22.8 Å². The number of benzene rings is 1. The molecule has 0 aliphatic heterocycles. The lowest BCUT2D eigenvalue weighted by Crippen LogP contribution is -2.11. The number of ether oxygens (including phenoxy) is 2. The predicted octanol–water partition coefficient (Wildman–Crippen LogP) is 2.05. The summed E-state index contributed by atoms with van der Waals surface area (Å²) in [6.07, 6.45) is 3.08. The van der Waals surface area contributed by atoms with Gasteiger partial charge in [-0.2, -0.15) is 0 Å². The molecule has 0 N–H and O–H groups in total. The van der Waals surface area contributed by atoms with Crippen molar-refractivity contribution in [2.45, 2.75) is 6.42 Å². The third-order valence-corrected chi connectivity index (χ3v) is 3.04. The molecule has 0 bridgehead atoms. The van der Waals surface area contributed by atoms with Crippen LogP contribution >= 0.6 is 0 Å². The van der Waals surface area contributed by atoms with Gasteiger partial charge in [0.15, 0.2) is 0 Å². The Morgan fingerprint density at radius 2 is 1.90 bits per heavy atom. The Morgan fingerprint density at radius 1 is 1.14 bits per heavy atom. The van der Waals surface area contributed by atoms with E-state index in [2.05, 4.69) is 9.72 Å². The molecule has 0 fully saturated rings. The number of pyridine rings is 1. The number of nitrogens with zero attached hydrogens (tertiary/aromatic N) is 1. The van der Waals surface area contributed by atoms with E-state index in [4.69, 9.17) is 4.74 Å². The van der Waals surface area contributed by atoms with Gasteiger partial charge < -0.3 is 9.47 Å². The van der Waals surface area contributed by atoms with Crippen molar-refractivity contribution in [3.05, 3.63) is 53.7 Å². The fraction of sp³-hybridized carbons (Fsp3) is 0.188. The molecule has 0 saturated heterocycles. The summed E-state index contributed by atoms with van der Waals surface area (Å²) in [5.41, 5.74) is 1.86. The monoisotopic (exact) mass is 285 g/mol. The molecule has 21 heavy (non-hydrogen) atoms. The van der Waals surface area contributed by atoms with Crippen LogP contribution in [0.1, 0.15) is 5.56 Å². The van der Waals surface area contributed by atoms with Gasteiger partial charge in [-0.1, -0.05) is 24.3 Å². The number of hydrogen-bond donors (Lipinski definition) is 0. The number of fused-ring (bicyclic) bond motifs is 1. The maximum absolute atomic E-state index is 11.8. The number of rotatable bonds is 4. The Morgan fingerprint density at radius 3 is 2.62 bits per heavy atom. The lowest BCUT2D eigenvalue weighted by atomic mass is 10.0. The molecule has 108 valence electrons. The summed E-state index contributed by atoms with van der Waals surface area (Å²) < 4.78 is 9.27. The van der Waals surface area contributed by atoms with Gasteiger partial charge in [-0.05, 0) is 11.6 Å². The minimum atomic E-state index is -0.594. The zero-order valence-electron chi connectivity index (χ0n) is 11.8. The van der Waals surface area contributed by atoms with Gasteiger partial charge in [0.1, 0.15) is 0 Å². The highest BCUT2D eigenvalue weighted by atomic mass is 16.5. The number of para-hydroxylation sites is 1. The van der Waals surface area contributed by atoms with Gasteiger partial charge in [0, 0.05) is 29.7 Å². The first-order chi connectivity index (χ1) is 10.2. The largest absolute Gasteiger partial charge is 0.466 e. The van der Waals surface area contributed by atoms with Crippen molar-refractivity contribution in [2.75, 3.05) is 14.2 Å². The Kier molecular flexibility index (Phi) is 4.66. The number of methoxy groups -OCH3 is 2. The highest BCUT2D eigenvalue weighted by Gasteiger charge is 2.14. The number of aromatic nitrogens is 1. The molecular weight excluding hydrogens is 270 g/mol. The average Bonchev–Trinajstić information content (AvgIpc) is 2.53. The molecule has 0 unspecified atom stereocenters. The second-order valence-corrected chi connectivity index (χ2v) is 4.35. The van der Waals surface area contributed by atoms with Crippen molar-refractivity contribution in [1.29, 1.82) is 0 Å². The maximum Gasteiger partial charge on any atom is 0.334 e. The molecule has 0 radical (unpaired) electrons. The standard InChI is InChI=1S/C16H15NO4/c1-20-14(18)10-13(16(19)21-2)9-12-6-3-5-11-7-4-8-17-15(11)12/h3-8,10H,9H2,1-2H3/b13-10-. The number of hydrogen-bond acceptors (Lipinski definition) is 5. The van der Waals surface area contributed by atoms with Crippen LogP contribution in [0.25, 0.3) is 10.9 Å². The third-order valence-electron chi connectivity index (χ3n) is 3.04. The second-order valence-electron chi connectivity index (χ2n) is 4.35. The van der Waals surface area contributed by atoms with Crippen LogP contribution in [0, 0.1) is 0 Å². The first-order valence-corrected chi connectivity index (χ1v) is 6.35. The van der Waals surface area contributed by atoms with E-state index in [0.717, 1.165) is 22.5 Å². The Hall–Kier alpha value is -2.69. The number of carbonyl (C=O) groups is 2. The lowest BCUT2D eigenvalue weighted by Gasteiger charge is -2.08. The van der Waals surface area contributed by atoms with Gasteiger partial charge in [0.25, 0.3) is 0 Å². The van der Waals surface area contributed by atoms with Gasteiger partial charge in [-0.15, -0.1) is 0 Å². The molecular formula is C16H15NO4. The van der Waals surface area contributed by atoms with E-state index in [1.165, 1.54) is 14.2 Å². The fourth-order valence-electron chi connectivity index (χ4n) is 2.03. The predicted molar refractivity (Wildman–Crippen MR) is 77.6 cm³/mol. The molecule has 0 atom stereocenters. The van der Waals surface area contributed by atoms with Gasteiger partial charge in [-0.3, -0.25) is 4.98 Å². The van der Waals surface area contributed by atoms with Crippen LogP contribution < -0.4 is 0 Å².